The van der Waals surface area contributed by atoms with Crippen molar-refractivity contribution in [3.8, 4) is 11.5 Å². The van der Waals surface area contributed by atoms with Crippen LogP contribution < -0.4 is 0 Å². The molecule has 0 saturated carbocycles. The molecule has 1 aromatic carbocycles. The number of nitrogens with zero attached hydrogens (tertiary/aromatic N) is 3. The van der Waals surface area contributed by atoms with Gasteiger partial charge in [0.2, 0.25) is 17.6 Å². The van der Waals surface area contributed by atoms with Gasteiger partial charge in [0.25, 0.3) is 5.89 Å². The summed E-state index contributed by atoms with van der Waals surface area (Å²) < 4.78 is 22.8. The average Bonchev–Trinajstić information content (AvgIpc) is 3.16. The number of ether oxygens (including phenoxy) is 1. The van der Waals surface area contributed by atoms with Crippen LogP contribution in [0.4, 0.5) is 4.39 Å². The first-order chi connectivity index (χ1) is 11.5. The number of imide groups is 1. The van der Waals surface area contributed by atoms with E-state index in [1.807, 2.05) is 0 Å². The fourth-order valence-corrected chi connectivity index (χ4v) is 2.14. The summed E-state index contributed by atoms with van der Waals surface area (Å²) in [5.74, 6) is -1.65. The summed E-state index contributed by atoms with van der Waals surface area (Å²) in [6.45, 7) is -0.694. The monoisotopic (exact) mass is 333 g/mol. The normalized spacial score (nSPS) is 14.3. The minimum atomic E-state index is -0.744. The van der Waals surface area contributed by atoms with Gasteiger partial charge in [-0.3, -0.25) is 19.3 Å². The van der Waals surface area contributed by atoms with Gasteiger partial charge in [-0.2, -0.15) is 4.98 Å². The van der Waals surface area contributed by atoms with Gasteiger partial charge in [-0.05, 0) is 24.3 Å². The zero-order valence-corrected chi connectivity index (χ0v) is 12.4. The average molecular weight is 333 g/mol. The molecule has 0 unspecified atom stereocenters. The summed E-state index contributed by atoms with van der Waals surface area (Å²) in [6, 6.07) is 5.46. The topological polar surface area (TPSA) is 103 Å². The SMILES string of the molecule is O=C(CN1C(=O)CCC1=O)OCc1noc(-c2ccc(F)cc2)n1. The molecule has 2 heterocycles. The highest BCUT2D eigenvalue weighted by Gasteiger charge is 2.31. The molecule has 1 aliphatic heterocycles. The van der Waals surface area contributed by atoms with E-state index in [1.165, 1.54) is 24.3 Å². The van der Waals surface area contributed by atoms with Crippen LogP contribution in [0.1, 0.15) is 18.7 Å². The maximum atomic E-state index is 12.9. The van der Waals surface area contributed by atoms with Crippen molar-refractivity contribution in [1.82, 2.24) is 15.0 Å². The van der Waals surface area contributed by atoms with E-state index in [4.69, 9.17) is 9.26 Å². The number of amides is 2. The van der Waals surface area contributed by atoms with E-state index in [2.05, 4.69) is 10.1 Å². The summed E-state index contributed by atoms with van der Waals surface area (Å²) in [5, 5.41) is 3.64. The summed E-state index contributed by atoms with van der Waals surface area (Å²) in [4.78, 5) is 39.4. The molecule has 1 aromatic heterocycles. The Balaban J connectivity index is 1.55. The second kappa shape index (κ2) is 6.57. The van der Waals surface area contributed by atoms with Gasteiger partial charge < -0.3 is 9.26 Å². The smallest absolute Gasteiger partial charge is 0.326 e. The van der Waals surface area contributed by atoms with E-state index in [1.54, 1.807) is 0 Å². The fraction of sp³-hybridized carbons (Fsp3) is 0.267. The molecule has 1 fully saturated rings. The number of aromatic nitrogens is 2. The fourth-order valence-electron chi connectivity index (χ4n) is 2.14. The number of esters is 1. The van der Waals surface area contributed by atoms with E-state index in [9.17, 15) is 18.8 Å². The van der Waals surface area contributed by atoms with Crippen LogP contribution in [-0.2, 0) is 25.7 Å². The molecular weight excluding hydrogens is 321 g/mol. The number of hydrogen-bond donors (Lipinski definition) is 0. The number of halogens is 1. The number of likely N-dealkylation sites (tertiary alicyclic amines) is 1. The van der Waals surface area contributed by atoms with Crippen LogP contribution in [0.2, 0.25) is 0 Å². The summed E-state index contributed by atoms with van der Waals surface area (Å²) in [6.07, 6.45) is 0.218. The van der Waals surface area contributed by atoms with E-state index in [-0.39, 0.29) is 31.2 Å². The number of benzene rings is 1. The molecule has 2 amide bonds. The predicted octanol–water partition coefficient (Wildman–Crippen LogP) is 1.07. The predicted molar refractivity (Wildman–Crippen MR) is 75.4 cm³/mol. The third-order valence-electron chi connectivity index (χ3n) is 3.36. The van der Waals surface area contributed by atoms with Crippen molar-refractivity contribution < 1.29 is 28.0 Å². The quantitative estimate of drug-likeness (QED) is 0.595. The first kappa shape index (κ1) is 15.8. The van der Waals surface area contributed by atoms with E-state index < -0.39 is 30.1 Å². The van der Waals surface area contributed by atoms with E-state index in [0.29, 0.717) is 5.56 Å². The minimum absolute atomic E-state index is 0.109. The standard InChI is InChI=1S/C15H12FN3O5/c16-10-3-1-9(2-4-10)15-17-11(18-24-15)8-23-14(22)7-19-12(20)5-6-13(19)21/h1-4H,5-8H2. The highest BCUT2D eigenvalue weighted by atomic mass is 19.1. The molecular formula is C15H12FN3O5. The van der Waals surface area contributed by atoms with Crippen molar-refractivity contribution in [2.75, 3.05) is 6.54 Å². The highest BCUT2D eigenvalue weighted by molar-refractivity contribution is 6.04. The number of hydrogen-bond acceptors (Lipinski definition) is 7. The molecule has 24 heavy (non-hydrogen) atoms. The van der Waals surface area contributed by atoms with Crippen molar-refractivity contribution >= 4 is 17.8 Å². The van der Waals surface area contributed by atoms with Gasteiger partial charge in [-0.25, -0.2) is 4.39 Å². The lowest BCUT2D eigenvalue weighted by Gasteiger charge is -2.11. The Morgan fingerprint density at radius 1 is 1.21 bits per heavy atom. The molecule has 0 aliphatic carbocycles. The van der Waals surface area contributed by atoms with Crippen LogP contribution >= 0.6 is 0 Å². The third-order valence-corrected chi connectivity index (χ3v) is 3.36. The van der Waals surface area contributed by atoms with Gasteiger partial charge >= 0.3 is 5.97 Å². The zero-order chi connectivity index (χ0) is 17.1. The molecule has 2 aromatic rings. The Labute approximate surface area is 135 Å². The Kier molecular flexibility index (Phi) is 4.32. The molecule has 1 aliphatic rings. The molecule has 0 N–H and O–H groups in total. The van der Waals surface area contributed by atoms with Crippen molar-refractivity contribution in [2.45, 2.75) is 19.4 Å². The van der Waals surface area contributed by atoms with Crippen molar-refractivity contribution in [1.29, 1.82) is 0 Å². The molecule has 124 valence electrons. The van der Waals surface area contributed by atoms with Gasteiger partial charge in [0.1, 0.15) is 12.4 Å². The summed E-state index contributed by atoms with van der Waals surface area (Å²) in [7, 11) is 0. The van der Waals surface area contributed by atoms with Gasteiger partial charge in [0.15, 0.2) is 6.61 Å². The van der Waals surface area contributed by atoms with Gasteiger partial charge in [-0.1, -0.05) is 5.16 Å². The molecule has 3 rings (SSSR count). The molecule has 0 spiro atoms. The molecule has 0 bridgehead atoms. The molecule has 8 nitrogen and oxygen atoms in total. The molecule has 0 radical (unpaired) electrons. The zero-order valence-electron chi connectivity index (χ0n) is 12.4. The Hall–Kier alpha value is -3.10. The van der Waals surface area contributed by atoms with Crippen molar-refractivity contribution in [2.24, 2.45) is 0 Å². The largest absolute Gasteiger partial charge is 0.456 e. The second-order valence-electron chi connectivity index (χ2n) is 5.06. The number of carbonyl (C=O) groups excluding carboxylic acids is 3. The third kappa shape index (κ3) is 3.45. The van der Waals surface area contributed by atoms with Crippen molar-refractivity contribution in [3.63, 3.8) is 0 Å². The summed E-state index contributed by atoms with van der Waals surface area (Å²) >= 11 is 0. The summed E-state index contributed by atoms with van der Waals surface area (Å²) in [5.41, 5.74) is 0.523. The Morgan fingerprint density at radius 2 is 1.88 bits per heavy atom. The van der Waals surface area contributed by atoms with Crippen LogP contribution in [0.25, 0.3) is 11.5 Å². The first-order valence-corrected chi connectivity index (χ1v) is 7.10. The maximum Gasteiger partial charge on any atom is 0.326 e. The first-order valence-electron chi connectivity index (χ1n) is 7.10. The molecule has 9 heteroatoms. The maximum absolute atomic E-state index is 12.9. The van der Waals surface area contributed by atoms with Gasteiger partial charge in [0, 0.05) is 18.4 Å². The number of rotatable bonds is 5. The van der Waals surface area contributed by atoms with Crippen LogP contribution in [0.3, 0.4) is 0 Å². The lowest BCUT2D eigenvalue weighted by Crippen LogP contribution is -2.35. The minimum Gasteiger partial charge on any atom is -0.456 e. The second-order valence-corrected chi connectivity index (χ2v) is 5.06. The molecule has 0 atom stereocenters. The Morgan fingerprint density at radius 3 is 2.54 bits per heavy atom. The van der Waals surface area contributed by atoms with E-state index >= 15 is 0 Å². The molecule has 1 saturated heterocycles. The van der Waals surface area contributed by atoms with E-state index in [0.717, 1.165) is 4.90 Å². The van der Waals surface area contributed by atoms with Gasteiger partial charge in [0.05, 0.1) is 0 Å². The Bertz CT molecular complexity index is 771. The van der Waals surface area contributed by atoms with Crippen LogP contribution in [-0.4, -0.2) is 39.4 Å². The highest BCUT2D eigenvalue weighted by Crippen LogP contribution is 2.17. The van der Waals surface area contributed by atoms with Crippen LogP contribution in [0, 0.1) is 5.82 Å². The van der Waals surface area contributed by atoms with Gasteiger partial charge in [-0.15, -0.1) is 0 Å². The lowest BCUT2D eigenvalue weighted by molar-refractivity contribution is -0.153. The number of carbonyl (C=O) groups is 3. The van der Waals surface area contributed by atoms with Crippen LogP contribution in [0.5, 0.6) is 0 Å². The lowest BCUT2D eigenvalue weighted by atomic mass is 10.2. The van der Waals surface area contributed by atoms with Crippen molar-refractivity contribution in [3.05, 3.63) is 35.9 Å². The van der Waals surface area contributed by atoms with Crippen LogP contribution in [0.15, 0.2) is 28.8 Å².